The van der Waals surface area contributed by atoms with Gasteiger partial charge >= 0.3 is 0 Å². The van der Waals surface area contributed by atoms with E-state index in [1.54, 1.807) is 6.20 Å². The SMILES string of the molecule is C=N/C=C(\C=C(/C)c1nc(-c2ccccc2)nc(-c2ccccc2)n1)c1cccc(-c2nc(-c3ccccc3)nc(-c3ccccc3)n2)c1. The molecule has 7 rings (SSSR count). The molecule has 7 nitrogen and oxygen atoms in total. The molecule has 0 spiro atoms. The number of hydrogen-bond donors (Lipinski definition) is 0. The largest absolute Gasteiger partial charge is 0.272 e. The molecule has 0 amide bonds. The molecule has 0 N–H and O–H groups in total. The van der Waals surface area contributed by atoms with Gasteiger partial charge in [-0.3, -0.25) is 4.99 Å². The predicted octanol–water partition coefficient (Wildman–Crippen LogP) is 9.54. The van der Waals surface area contributed by atoms with Crippen molar-refractivity contribution in [2.45, 2.75) is 6.92 Å². The fraction of sp³-hybridized carbons (Fsp3) is 0.0238. The van der Waals surface area contributed by atoms with E-state index in [0.29, 0.717) is 34.9 Å². The van der Waals surface area contributed by atoms with Gasteiger partial charge in [-0.1, -0.05) is 140 Å². The maximum absolute atomic E-state index is 4.91. The van der Waals surface area contributed by atoms with E-state index in [4.69, 9.17) is 29.9 Å². The van der Waals surface area contributed by atoms with Crippen molar-refractivity contribution in [1.29, 1.82) is 0 Å². The number of aliphatic imine (C=N–C) groups is 1. The molecule has 234 valence electrons. The molecule has 0 aliphatic heterocycles. The van der Waals surface area contributed by atoms with E-state index in [-0.39, 0.29) is 0 Å². The zero-order chi connectivity index (χ0) is 33.4. The van der Waals surface area contributed by atoms with Crippen LogP contribution in [0.2, 0.25) is 0 Å². The van der Waals surface area contributed by atoms with E-state index in [1.165, 1.54) is 0 Å². The van der Waals surface area contributed by atoms with Crippen molar-refractivity contribution in [1.82, 2.24) is 29.9 Å². The Labute approximate surface area is 285 Å². The fourth-order valence-electron chi connectivity index (χ4n) is 5.35. The third kappa shape index (κ3) is 7.16. The average Bonchev–Trinajstić information content (AvgIpc) is 3.18. The van der Waals surface area contributed by atoms with Crippen LogP contribution in [0.4, 0.5) is 0 Å². The Bertz CT molecular complexity index is 2170. The van der Waals surface area contributed by atoms with Gasteiger partial charge in [0, 0.05) is 39.6 Å². The lowest BCUT2D eigenvalue weighted by Gasteiger charge is -2.11. The van der Waals surface area contributed by atoms with E-state index in [9.17, 15) is 0 Å². The molecule has 5 aromatic carbocycles. The first-order valence-electron chi connectivity index (χ1n) is 15.8. The summed E-state index contributed by atoms with van der Waals surface area (Å²) in [4.78, 5) is 33.4. The van der Waals surface area contributed by atoms with Gasteiger partial charge in [0.15, 0.2) is 34.9 Å². The van der Waals surface area contributed by atoms with Gasteiger partial charge in [-0.2, -0.15) is 0 Å². The van der Waals surface area contributed by atoms with Crippen molar-refractivity contribution < 1.29 is 0 Å². The standard InChI is InChI=1S/C42H31N7/c1-29(37-44-38(30-16-7-3-8-17-30)46-39(45-37)31-18-9-4-10-19-31)26-36(28-43-2)34-24-15-25-35(27-34)42-48-40(32-20-11-5-12-21-32)47-41(49-42)33-22-13-6-14-23-33/h3-28H,2H2,1H3/b29-26+,36-28+. The van der Waals surface area contributed by atoms with Gasteiger partial charge in [-0.05, 0) is 36.9 Å². The van der Waals surface area contributed by atoms with Crippen LogP contribution in [0.3, 0.4) is 0 Å². The van der Waals surface area contributed by atoms with Gasteiger partial charge in [0.05, 0.1) is 0 Å². The van der Waals surface area contributed by atoms with Gasteiger partial charge in [0.1, 0.15) is 0 Å². The Morgan fingerprint density at radius 3 is 1.24 bits per heavy atom. The Morgan fingerprint density at radius 2 is 0.837 bits per heavy atom. The van der Waals surface area contributed by atoms with Gasteiger partial charge in [0.2, 0.25) is 0 Å². The van der Waals surface area contributed by atoms with Crippen molar-refractivity contribution in [3.63, 3.8) is 0 Å². The smallest absolute Gasteiger partial charge is 0.164 e. The van der Waals surface area contributed by atoms with Crippen molar-refractivity contribution in [3.05, 3.63) is 169 Å². The second-order valence-electron chi connectivity index (χ2n) is 11.3. The molecule has 0 unspecified atom stereocenters. The maximum atomic E-state index is 4.91. The van der Waals surface area contributed by atoms with Gasteiger partial charge in [0.25, 0.3) is 0 Å². The number of rotatable bonds is 9. The molecular weight excluding hydrogens is 603 g/mol. The van der Waals surface area contributed by atoms with Crippen molar-refractivity contribution in [2.24, 2.45) is 4.99 Å². The highest BCUT2D eigenvalue weighted by Crippen LogP contribution is 2.29. The second kappa shape index (κ2) is 14.4. The normalized spacial score (nSPS) is 11.7. The highest BCUT2D eigenvalue weighted by molar-refractivity contribution is 5.84. The van der Waals surface area contributed by atoms with E-state index in [0.717, 1.165) is 44.5 Å². The third-order valence-corrected chi connectivity index (χ3v) is 7.81. The number of aromatic nitrogens is 6. The summed E-state index contributed by atoms with van der Waals surface area (Å²) in [5.41, 5.74) is 7.07. The molecule has 7 heteroatoms. The first kappa shape index (κ1) is 30.9. The molecule has 0 saturated carbocycles. The zero-order valence-electron chi connectivity index (χ0n) is 26.8. The minimum absolute atomic E-state index is 0.566. The molecular formula is C42H31N7. The van der Waals surface area contributed by atoms with Crippen LogP contribution in [0.1, 0.15) is 18.3 Å². The van der Waals surface area contributed by atoms with Gasteiger partial charge in [-0.25, -0.2) is 29.9 Å². The quantitative estimate of drug-likeness (QED) is 0.116. The van der Waals surface area contributed by atoms with Crippen LogP contribution in [0.5, 0.6) is 0 Å². The molecule has 0 aliphatic carbocycles. The van der Waals surface area contributed by atoms with Crippen LogP contribution >= 0.6 is 0 Å². The summed E-state index contributed by atoms with van der Waals surface area (Å²) in [6.45, 7) is 5.74. The first-order valence-corrected chi connectivity index (χ1v) is 15.8. The number of hydrogen-bond acceptors (Lipinski definition) is 7. The highest BCUT2D eigenvalue weighted by Gasteiger charge is 2.15. The average molecular weight is 634 g/mol. The molecule has 0 fully saturated rings. The summed E-state index contributed by atoms with van der Waals surface area (Å²) < 4.78 is 0. The Hall–Kier alpha value is -6.73. The zero-order valence-corrected chi connectivity index (χ0v) is 26.8. The molecule has 0 aliphatic rings. The van der Waals surface area contributed by atoms with E-state index >= 15 is 0 Å². The number of benzene rings is 5. The van der Waals surface area contributed by atoms with Crippen molar-refractivity contribution >= 4 is 17.9 Å². The lowest BCUT2D eigenvalue weighted by molar-refractivity contribution is 1.03. The summed E-state index contributed by atoms with van der Waals surface area (Å²) >= 11 is 0. The topological polar surface area (TPSA) is 89.7 Å². The fourth-order valence-corrected chi connectivity index (χ4v) is 5.35. The van der Waals surface area contributed by atoms with Crippen LogP contribution in [0.25, 0.3) is 68.1 Å². The van der Waals surface area contributed by atoms with Gasteiger partial charge in [-0.15, -0.1) is 0 Å². The highest BCUT2D eigenvalue weighted by atomic mass is 15.0. The van der Waals surface area contributed by atoms with E-state index in [2.05, 4.69) is 17.8 Å². The molecule has 0 bridgehead atoms. The maximum Gasteiger partial charge on any atom is 0.164 e. The Balaban J connectivity index is 1.30. The van der Waals surface area contributed by atoms with Crippen LogP contribution in [-0.4, -0.2) is 36.6 Å². The van der Waals surface area contributed by atoms with Crippen molar-refractivity contribution in [3.8, 4) is 56.9 Å². The van der Waals surface area contributed by atoms with E-state index < -0.39 is 0 Å². The molecule has 2 heterocycles. The molecule has 0 radical (unpaired) electrons. The summed E-state index contributed by atoms with van der Waals surface area (Å²) in [7, 11) is 0. The van der Waals surface area contributed by atoms with Crippen LogP contribution in [-0.2, 0) is 0 Å². The summed E-state index contributed by atoms with van der Waals surface area (Å²) in [6, 6.07) is 47.8. The minimum Gasteiger partial charge on any atom is -0.272 e. The molecule has 0 atom stereocenters. The predicted molar refractivity (Wildman–Crippen MR) is 198 cm³/mol. The summed E-state index contributed by atoms with van der Waals surface area (Å²) in [5, 5.41) is 0. The van der Waals surface area contributed by atoms with Crippen LogP contribution in [0, 0.1) is 0 Å². The molecule has 0 saturated heterocycles. The lowest BCUT2D eigenvalue weighted by Crippen LogP contribution is -2.02. The minimum atomic E-state index is 0.566. The van der Waals surface area contributed by atoms with Crippen molar-refractivity contribution in [2.75, 3.05) is 0 Å². The summed E-state index contributed by atoms with van der Waals surface area (Å²) in [6.07, 6.45) is 3.75. The van der Waals surface area contributed by atoms with E-state index in [1.807, 2.05) is 153 Å². The van der Waals surface area contributed by atoms with Crippen LogP contribution in [0.15, 0.2) is 163 Å². The molecule has 49 heavy (non-hydrogen) atoms. The Morgan fingerprint density at radius 1 is 0.469 bits per heavy atom. The molecule has 2 aromatic heterocycles. The monoisotopic (exact) mass is 633 g/mol. The number of nitrogens with zero attached hydrogens (tertiary/aromatic N) is 7. The first-order chi connectivity index (χ1) is 24.1. The molecule has 7 aromatic rings. The summed E-state index contributed by atoms with van der Waals surface area (Å²) in [5.74, 6) is 3.55. The number of allylic oxidation sites excluding steroid dienone is 3. The Kier molecular flexibility index (Phi) is 9.05. The van der Waals surface area contributed by atoms with Gasteiger partial charge < -0.3 is 0 Å². The second-order valence-corrected chi connectivity index (χ2v) is 11.3. The lowest BCUT2D eigenvalue weighted by atomic mass is 10.0. The third-order valence-electron chi connectivity index (χ3n) is 7.81. The van der Waals surface area contributed by atoms with Crippen LogP contribution < -0.4 is 0 Å².